The minimum Gasteiger partial charge on any atom is -0.383 e. The smallest absolute Gasteiger partial charge is 0.257 e. The number of aryl methyl sites for hydroxylation is 2. The first-order chi connectivity index (χ1) is 19.0. The van der Waals surface area contributed by atoms with Crippen LogP contribution in [-0.4, -0.2) is 42.1 Å². The Labute approximate surface area is 229 Å². The fourth-order valence-corrected chi connectivity index (χ4v) is 5.00. The highest BCUT2D eigenvalue weighted by atomic mass is 32.1. The lowest BCUT2D eigenvalue weighted by Gasteiger charge is -2.06. The minimum absolute atomic E-state index is 0.195. The van der Waals surface area contributed by atoms with E-state index in [0.29, 0.717) is 11.1 Å². The van der Waals surface area contributed by atoms with Crippen molar-refractivity contribution in [2.45, 2.75) is 13.3 Å². The van der Waals surface area contributed by atoms with Gasteiger partial charge >= 0.3 is 0 Å². The normalized spacial score (nSPS) is 10.5. The van der Waals surface area contributed by atoms with Gasteiger partial charge in [0, 0.05) is 49.0 Å². The van der Waals surface area contributed by atoms with Crippen molar-refractivity contribution in [3.05, 3.63) is 95.1 Å². The van der Waals surface area contributed by atoms with Crippen molar-refractivity contribution in [2.75, 3.05) is 12.8 Å². The first-order valence-corrected chi connectivity index (χ1v) is 13.1. The summed E-state index contributed by atoms with van der Waals surface area (Å²) in [6, 6.07) is 14.0. The second-order valence-electron chi connectivity index (χ2n) is 8.56. The van der Waals surface area contributed by atoms with Gasteiger partial charge in [0.2, 0.25) is 0 Å². The van der Waals surface area contributed by atoms with Crippen molar-refractivity contribution in [3.63, 3.8) is 0 Å². The summed E-state index contributed by atoms with van der Waals surface area (Å²) in [5.41, 5.74) is 11.9. The third kappa shape index (κ3) is 5.21. The van der Waals surface area contributed by atoms with Gasteiger partial charge in [-0.15, -0.1) is 11.3 Å². The number of hydrogen-bond donors (Lipinski definition) is 2. The largest absolute Gasteiger partial charge is 0.383 e. The SMILES string of the molecule is CCc1nc2scc(C#Cc3cnn(C)c3)n2c1-c1ccccc1.CNC(=O)c1c(N)ncc2cccnc12. The number of amides is 1. The van der Waals surface area contributed by atoms with Crippen LogP contribution < -0.4 is 11.1 Å². The number of nitrogens with two attached hydrogens (primary N) is 1. The van der Waals surface area contributed by atoms with E-state index in [1.165, 1.54) is 5.56 Å². The van der Waals surface area contributed by atoms with E-state index >= 15 is 0 Å². The van der Waals surface area contributed by atoms with E-state index in [2.05, 4.69) is 73.2 Å². The van der Waals surface area contributed by atoms with Crippen molar-refractivity contribution in [1.29, 1.82) is 0 Å². The van der Waals surface area contributed by atoms with Gasteiger partial charge in [-0.3, -0.25) is 18.9 Å². The van der Waals surface area contributed by atoms with E-state index in [0.717, 1.165) is 39.4 Å². The molecule has 9 nitrogen and oxygen atoms in total. The first kappa shape index (κ1) is 25.6. The lowest BCUT2D eigenvalue weighted by Crippen LogP contribution is -2.20. The van der Waals surface area contributed by atoms with E-state index in [-0.39, 0.29) is 11.7 Å². The van der Waals surface area contributed by atoms with Crippen molar-refractivity contribution in [3.8, 4) is 23.1 Å². The highest BCUT2D eigenvalue weighted by Gasteiger charge is 2.16. The number of nitrogen functional groups attached to an aromatic ring is 1. The monoisotopic (exact) mass is 534 g/mol. The summed E-state index contributed by atoms with van der Waals surface area (Å²) in [6.07, 6.45) is 7.81. The molecule has 0 radical (unpaired) electrons. The molecule has 5 heterocycles. The molecule has 39 heavy (non-hydrogen) atoms. The summed E-state index contributed by atoms with van der Waals surface area (Å²) in [5.74, 6) is 6.39. The van der Waals surface area contributed by atoms with Gasteiger partial charge in [-0.25, -0.2) is 9.97 Å². The molecule has 0 bridgehead atoms. The third-order valence-electron chi connectivity index (χ3n) is 5.99. The van der Waals surface area contributed by atoms with E-state index in [9.17, 15) is 4.79 Å². The number of hydrogen-bond acceptors (Lipinski definition) is 7. The molecular formula is C29H26N8OS. The van der Waals surface area contributed by atoms with Gasteiger partial charge in [0.25, 0.3) is 5.91 Å². The molecule has 0 saturated carbocycles. The molecule has 6 rings (SSSR count). The number of carbonyl (C=O) groups excluding carboxylic acids is 1. The Kier molecular flexibility index (Phi) is 7.34. The average molecular weight is 535 g/mol. The lowest BCUT2D eigenvalue weighted by atomic mass is 10.1. The highest BCUT2D eigenvalue weighted by Crippen LogP contribution is 2.29. The fourth-order valence-electron chi connectivity index (χ4n) is 4.16. The first-order valence-electron chi connectivity index (χ1n) is 12.3. The van der Waals surface area contributed by atoms with E-state index in [4.69, 9.17) is 10.7 Å². The predicted octanol–water partition coefficient (Wildman–Crippen LogP) is 4.33. The van der Waals surface area contributed by atoms with Crippen LogP contribution in [0.2, 0.25) is 0 Å². The Morgan fingerprint density at radius 3 is 2.64 bits per heavy atom. The van der Waals surface area contributed by atoms with Crippen LogP contribution in [0.3, 0.4) is 0 Å². The second kappa shape index (κ2) is 11.2. The van der Waals surface area contributed by atoms with Gasteiger partial charge in [0.1, 0.15) is 17.1 Å². The second-order valence-corrected chi connectivity index (χ2v) is 9.39. The minimum atomic E-state index is -0.274. The zero-order valence-corrected chi connectivity index (χ0v) is 22.5. The average Bonchev–Trinajstić information content (AvgIpc) is 3.67. The van der Waals surface area contributed by atoms with Crippen LogP contribution in [0, 0.1) is 11.8 Å². The topological polar surface area (TPSA) is 116 Å². The molecule has 6 aromatic rings. The number of rotatable bonds is 3. The molecule has 0 aliphatic carbocycles. The summed E-state index contributed by atoms with van der Waals surface area (Å²) in [6.45, 7) is 2.14. The molecule has 5 aromatic heterocycles. The number of anilines is 1. The molecule has 3 N–H and O–H groups in total. The van der Waals surface area contributed by atoms with Gasteiger partial charge in [-0.1, -0.05) is 43.2 Å². The van der Waals surface area contributed by atoms with Crippen LogP contribution in [0.1, 0.15) is 34.2 Å². The van der Waals surface area contributed by atoms with Crippen LogP contribution in [0.4, 0.5) is 5.82 Å². The van der Waals surface area contributed by atoms with Gasteiger partial charge in [0.15, 0.2) is 4.96 Å². The summed E-state index contributed by atoms with van der Waals surface area (Å²) in [5, 5.41) is 9.54. The maximum absolute atomic E-state index is 11.6. The van der Waals surface area contributed by atoms with E-state index in [1.54, 1.807) is 47.7 Å². The quantitative estimate of drug-likeness (QED) is 0.327. The van der Waals surface area contributed by atoms with E-state index in [1.807, 2.05) is 25.4 Å². The number of imidazole rings is 1. The van der Waals surface area contributed by atoms with E-state index < -0.39 is 0 Å². The number of pyridine rings is 2. The molecular weight excluding hydrogens is 508 g/mol. The molecule has 194 valence electrons. The zero-order valence-electron chi connectivity index (χ0n) is 21.7. The molecule has 1 aromatic carbocycles. The Hall–Kier alpha value is -5.01. The van der Waals surface area contributed by atoms with Gasteiger partial charge in [0.05, 0.1) is 28.7 Å². The Morgan fingerprint density at radius 2 is 1.92 bits per heavy atom. The standard InChI is InChI=1S/C19H16N4S.C10H10N4O/c1-3-17-18(15-7-5-4-6-8-15)23-16(13-24-19(23)21-17)10-9-14-11-20-22(2)12-14;1-12-10(15)7-8-6(3-2-4-13-8)5-14-9(7)11/h4-8,11-13H,3H2,1-2H3;2-5H,1H3,(H2,11,14)(H,12,15). The van der Waals surface area contributed by atoms with Crippen molar-refractivity contribution in [1.82, 2.24) is 34.4 Å². The molecule has 0 fully saturated rings. The van der Waals surface area contributed by atoms with Gasteiger partial charge in [-0.2, -0.15) is 5.10 Å². The number of benzene rings is 1. The van der Waals surface area contributed by atoms with Crippen LogP contribution in [0.25, 0.3) is 27.1 Å². The molecule has 1 amide bonds. The van der Waals surface area contributed by atoms with Gasteiger partial charge < -0.3 is 11.1 Å². The molecule has 10 heteroatoms. The summed E-state index contributed by atoms with van der Waals surface area (Å²) in [4.78, 5) is 25.4. The third-order valence-corrected chi connectivity index (χ3v) is 6.81. The predicted molar refractivity (Wildman–Crippen MR) is 154 cm³/mol. The number of aromatic nitrogens is 6. The number of carbonyl (C=O) groups is 1. The number of thiazole rings is 1. The molecule has 0 aliphatic heterocycles. The van der Waals surface area contributed by atoms with Crippen LogP contribution in [0.5, 0.6) is 0 Å². The van der Waals surface area contributed by atoms with Crippen molar-refractivity contribution >= 4 is 38.9 Å². The molecule has 0 aliphatic rings. The maximum atomic E-state index is 11.6. The number of fused-ring (bicyclic) bond motifs is 2. The Balaban J connectivity index is 0.000000177. The van der Waals surface area contributed by atoms with Crippen LogP contribution in [-0.2, 0) is 13.5 Å². The Morgan fingerprint density at radius 1 is 1.10 bits per heavy atom. The lowest BCUT2D eigenvalue weighted by molar-refractivity contribution is 0.0965. The maximum Gasteiger partial charge on any atom is 0.257 e. The fraction of sp³-hybridized carbons (Fsp3) is 0.138. The Bertz CT molecular complexity index is 1840. The summed E-state index contributed by atoms with van der Waals surface area (Å²) in [7, 11) is 3.44. The number of nitrogens with zero attached hydrogens (tertiary/aromatic N) is 6. The molecule has 0 unspecified atom stereocenters. The molecule has 0 spiro atoms. The van der Waals surface area contributed by atoms with Crippen LogP contribution >= 0.6 is 11.3 Å². The van der Waals surface area contributed by atoms with Crippen molar-refractivity contribution < 1.29 is 4.79 Å². The molecule has 0 saturated heterocycles. The highest BCUT2D eigenvalue weighted by molar-refractivity contribution is 7.15. The van der Waals surface area contributed by atoms with Crippen molar-refractivity contribution in [2.24, 2.45) is 7.05 Å². The zero-order chi connectivity index (χ0) is 27.4. The summed E-state index contributed by atoms with van der Waals surface area (Å²) < 4.78 is 3.93. The van der Waals surface area contributed by atoms with Crippen LogP contribution in [0.15, 0.2) is 72.6 Å². The molecule has 0 atom stereocenters. The van der Waals surface area contributed by atoms with Gasteiger partial charge in [-0.05, 0) is 24.5 Å². The summed E-state index contributed by atoms with van der Waals surface area (Å²) >= 11 is 1.63. The number of nitrogens with one attached hydrogen (secondary N) is 1.